The largest absolute Gasteiger partial charge is 0.497 e. The standard InChI is InChI=1S/C32H39N2O6S/c1-22(35)40-30-31(24-12-14-25(37-4)15-13-24)41-29-10-8-7-9-26(29)34(3,32(30)36)20-19-33(2)18-17-23-11-16-27(38-5)28(21-23)39-6/h7-16,21,30-31H,17-20H2,1-6H3/q+1/t30-,31+,34?/m0/s1. The highest BCUT2D eigenvalue weighted by Crippen LogP contribution is 2.48. The Morgan fingerprint density at radius 2 is 1.63 bits per heavy atom. The van der Waals surface area contributed by atoms with Crippen molar-refractivity contribution in [1.82, 2.24) is 9.38 Å². The van der Waals surface area contributed by atoms with Crippen LogP contribution >= 0.6 is 11.8 Å². The third-order valence-electron chi connectivity index (χ3n) is 7.55. The average Bonchev–Trinajstić information content (AvgIpc) is 3.08. The topological polar surface area (TPSA) is 74.3 Å². The highest BCUT2D eigenvalue weighted by molar-refractivity contribution is 7.99. The molecular formula is C32H39N2O6S+. The van der Waals surface area contributed by atoms with Gasteiger partial charge in [-0.15, -0.1) is 11.8 Å². The van der Waals surface area contributed by atoms with Crippen molar-refractivity contribution < 1.29 is 28.5 Å². The number of carbonyl (C=O) groups is 2. The van der Waals surface area contributed by atoms with E-state index in [9.17, 15) is 9.59 Å². The van der Waals surface area contributed by atoms with Crippen molar-refractivity contribution in [3.63, 3.8) is 0 Å². The second kappa shape index (κ2) is 13.4. The van der Waals surface area contributed by atoms with Crippen LogP contribution in [-0.4, -0.2) is 77.9 Å². The monoisotopic (exact) mass is 579 g/mol. The molecule has 4 rings (SSSR count). The van der Waals surface area contributed by atoms with Crippen LogP contribution in [0.5, 0.6) is 17.2 Å². The smallest absolute Gasteiger partial charge is 0.361 e. The molecule has 0 fully saturated rings. The number of amides is 1. The van der Waals surface area contributed by atoms with Crippen LogP contribution in [-0.2, 0) is 20.7 Å². The Balaban J connectivity index is 1.58. The molecule has 0 bridgehead atoms. The van der Waals surface area contributed by atoms with E-state index in [1.807, 2.05) is 73.8 Å². The normalized spacial score (nSPS) is 20.2. The molecule has 1 heterocycles. The minimum atomic E-state index is -0.958. The summed E-state index contributed by atoms with van der Waals surface area (Å²) in [4.78, 5) is 29.9. The first-order valence-electron chi connectivity index (χ1n) is 13.6. The van der Waals surface area contributed by atoms with Crippen molar-refractivity contribution in [2.45, 2.75) is 29.6 Å². The molecule has 0 N–H and O–H groups in total. The average molecular weight is 580 g/mol. The van der Waals surface area contributed by atoms with Crippen molar-refractivity contribution in [1.29, 1.82) is 0 Å². The number of thioether (sulfide) groups is 1. The van der Waals surface area contributed by atoms with Gasteiger partial charge < -0.3 is 23.8 Å². The predicted molar refractivity (Wildman–Crippen MR) is 162 cm³/mol. The van der Waals surface area contributed by atoms with E-state index in [0.717, 1.165) is 40.4 Å². The Kier molecular flexibility index (Phi) is 9.96. The van der Waals surface area contributed by atoms with Crippen LogP contribution in [0, 0.1) is 0 Å². The minimum Gasteiger partial charge on any atom is -0.497 e. The summed E-state index contributed by atoms with van der Waals surface area (Å²) in [5.74, 6) is 1.50. The molecule has 9 heteroatoms. The molecule has 1 aliphatic rings. The first kappa shape index (κ1) is 30.4. The lowest BCUT2D eigenvalue weighted by molar-refractivity contribution is -0.157. The molecule has 0 aliphatic carbocycles. The van der Waals surface area contributed by atoms with E-state index >= 15 is 0 Å². The zero-order chi connectivity index (χ0) is 29.6. The fourth-order valence-electron chi connectivity index (χ4n) is 5.09. The van der Waals surface area contributed by atoms with Crippen LogP contribution in [0.1, 0.15) is 23.3 Å². The summed E-state index contributed by atoms with van der Waals surface area (Å²) in [6.07, 6.45) is -0.142. The molecule has 1 unspecified atom stereocenters. The molecule has 218 valence electrons. The zero-order valence-corrected chi connectivity index (χ0v) is 25.4. The quantitative estimate of drug-likeness (QED) is 0.229. The van der Waals surface area contributed by atoms with Gasteiger partial charge in [-0.05, 0) is 54.9 Å². The summed E-state index contributed by atoms with van der Waals surface area (Å²) in [6, 6.07) is 21.5. The maximum absolute atomic E-state index is 14.4. The number of esters is 1. The molecule has 8 nitrogen and oxygen atoms in total. The number of ether oxygens (including phenoxy) is 4. The second-order valence-electron chi connectivity index (χ2n) is 10.3. The molecular weight excluding hydrogens is 540 g/mol. The van der Waals surface area contributed by atoms with Crippen molar-refractivity contribution in [3.8, 4) is 17.2 Å². The summed E-state index contributed by atoms with van der Waals surface area (Å²) < 4.78 is 21.9. The van der Waals surface area contributed by atoms with Gasteiger partial charge in [0.15, 0.2) is 17.2 Å². The van der Waals surface area contributed by atoms with Gasteiger partial charge in [0.2, 0.25) is 6.10 Å². The second-order valence-corrected chi connectivity index (χ2v) is 11.5. The van der Waals surface area contributed by atoms with Crippen LogP contribution < -0.4 is 18.7 Å². The molecule has 0 aromatic heterocycles. The van der Waals surface area contributed by atoms with E-state index in [1.165, 1.54) is 6.92 Å². The number of benzene rings is 3. The van der Waals surface area contributed by atoms with E-state index in [-0.39, 0.29) is 10.4 Å². The Labute approximate surface area is 246 Å². The maximum atomic E-state index is 14.4. The number of carbonyl (C=O) groups excluding carboxylic acids is 2. The number of rotatable bonds is 11. The van der Waals surface area contributed by atoms with E-state index < -0.39 is 17.3 Å². The van der Waals surface area contributed by atoms with Crippen molar-refractivity contribution in [2.24, 2.45) is 0 Å². The van der Waals surface area contributed by atoms with E-state index in [0.29, 0.717) is 24.6 Å². The van der Waals surface area contributed by atoms with Crippen LogP contribution in [0.25, 0.3) is 0 Å². The molecule has 3 aromatic carbocycles. The fourth-order valence-corrected chi connectivity index (χ4v) is 6.50. The van der Waals surface area contributed by atoms with E-state index in [1.54, 1.807) is 33.1 Å². The van der Waals surface area contributed by atoms with Gasteiger partial charge in [-0.3, -0.25) is 4.79 Å². The summed E-state index contributed by atoms with van der Waals surface area (Å²) in [5.41, 5.74) is 2.94. The van der Waals surface area contributed by atoms with Gasteiger partial charge in [-0.1, -0.05) is 30.3 Å². The Morgan fingerprint density at radius 1 is 0.927 bits per heavy atom. The lowest BCUT2D eigenvalue weighted by Crippen LogP contribution is -2.58. The van der Waals surface area contributed by atoms with E-state index in [2.05, 4.69) is 11.9 Å². The van der Waals surface area contributed by atoms with Crippen LogP contribution in [0.15, 0.2) is 71.6 Å². The fraction of sp³-hybridized carbons (Fsp3) is 0.375. The van der Waals surface area contributed by atoms with Gasteiger partial charge in [-0.25, -0.2) is 9.28 Å². The third kappa shape index (κ3) is 6.86. The van der Waals surface area contributed by atoms with Crippen LogP contribution in [0.2, 0.25) is 0 Å². The minimum absolute atomic E-state index is 0.0223. The van der Waals surface area contributed by atoms with E-state index in [4.69, 9.17) is 18.9 Å². The Hall–Kier alpha value is -3.53. The van der Waals surface area contributed by atoms with Crippen molar-refractivity contribution in [2.75, 3.05) is 55.1 Å². The maximum Gasteiger partial charge on any atom is 0.361 e. The molecule has 0 radical (unpaired) electrons. The SMILES string of the molecule is COc1ccc([C@H]2Sc3ccccc3[N+](C)(CCN(C)CCc3ccc(OC)c(OC)c3)C(=O)[C@H]2OC(C)=O)cc1. The van der Waals surface area contributed by atoms with Gasteiger partial charge in [0, 0.05) is 26.1 Å². The third-order valence-corrected chi connectivity index (χ3v) is 8.92. The lowest BCUT2D eigenvalue weighted by Gasteiger charge is -2.34. The first-order chi connectivity index (χ1) is 19.7. The Bertz CT molecular complexity index is 1360. The van der Waals surface area contributed by atoms with Gasteiger partial charge in [-0.2, -0.15) is 0 Å². The highest BCUT2D eigenvalue weighted by atomic mass is 32.2. The predicted octanol–water partition coefficient (Wildman–Crippen LogP) is 5.13. The number of nitrogens with zero attached hydrogens (tertiary/aromatic N) is 2. The van der Waals surface area contributed by atoms with Gasteiger partial charge >= 0.3 is 11.9 Å². The number of likely N-dealkylation sites (N-methyl/N-ethyl adjacent to an activating group) is 2. The number of hydrogen-bond donors (Lipinski definition) is 0. The summed E-state index contributed by atoms with van der Waals surface area (Å²) in [5, 5.41) is -0.402. The van der Waals surface area contributed by atoms with Gasteiger partial charge in [0.1, 0.15) is 12.3 Å². The number of quaternary nitrogens is 1. The Morgan fingerprint density at radius 3 is 2.29 bits per heavy atom. The zero-order valence-electron chi connectivity index (χ0n) is 24.6. The molecule has 0 saturated carbocycles. The van der Waals surface area contributed by atoms with Crippen molar-refractivity contribution >= 4 is 29.3 Å². The number of para-hydroxylation sites is 1. The van der Waals surface area contributed by atoms with Crippen LogP contribution in [0.4, 0.5) is 5.69 Å². The number of fused-ring (bicyclic) bond motifs is 1. The molecule has 0 spiro atoms. The summed E-state index contributed by atoms with van der Waals surface area (Å²) >= 11 is 1.56. The van der Waals surface area contributed by atoms with Gasteiger partial charge in [0.25, 0.3) is 0 Å². The summed E-state index contributed by atoms with van der Waals surface area (Å²) in [6.45, 7) is 3.33. The highest BCUT2D eigenvalue weighted by Gasteiger charge is 2.50. The van der Waals surface area contributed by atoms with Crippen molar-refractivity contribution in [3.05, 3.63) is 77.9 Å². The lowest BCUT2D eigenvalue weighted by atomic mass is 10.0. The molecule has 41 heavy (non-hydrogen) atoms. The number of methoxy groups -OCH3 is 3. The number of hydrogen-bond acceptors (Lipinski definition) is 8. The van der Waals surface area contributed by atoms with Crippen LogP contribution in [0.3, 0.4) is 0 Å². The van der Waals surface area contributed by atoms with Gasteiger partial charge in [0.05, 0.1) is 38.5 Å². The molecule has 1 amide bonds. The molecule has 3 aromatic rings. The molecule has 3 atom stereocenters. The summed E-state index contributed by atoms with van der Waals surface area (Å²) in [7, 11) is 8.86. The first-order valence-corrected chi connectivity index (χ1v) is 14.4. The molecule has 0 saturated heterocycles. The molecule has 1 aliphatic heterocycles.